The Bertz CT molecular complexity index is 794. The molecule has 0 aromatic heterocycles. The van der Waals surface area contributed by atoms with E-state index in [0.29, 0.717) is 13.0 Å². The van der Waals surface area contributed by atoms with Crippen LogP contribution in [0.4, 0.5) is 11.4 Å². The third-order valence-electron chi connectivity index (χ3n) is 5.57. The molecule has 1 N–H and O–H groups in total. The molecule has 2 aromatic rings. The van der Waals surface area contributed by atoms with Crippen molar-refractivity contribution in [3.05, 3.63) is 54.1 Å². The quantitative estimate of drug-likeness (QED) is 0.780. The van der Waals surface area contributed by atoms with Gasteiger partial charge in [-0.25, -0.2) is 0 Å². The maximum absolute atomic E-state index is 11.6. The second kappa shape index (κ2) is 9.11. The van der Waals surface area contributed by atoms with Crippen LogP contribution >= 0.6 is 0 Å². The molecule has 0 unspecified atom stereocenters. The first-order valence-electron chi connectivity index (χ1n) is 10.4. The van der Waals surface area contributed by atoms with Crippen LogP contribution in [-0.4, -0.2) is 50.1 Å². The van der Waals surface area contributed by atoms with E-state index in [2.05, 4.69) is 51.5 Å². The summed E-state index contributed by atoms with van der Waals surface area (Å²) in [7, 11) is 0. The standard InChI is InChI=1S/C23H29N3O2/c27-23-11-9-19-8-10-21(18-22(19)24-23)28-17-5-13-25-12-4-14-26(16-15-25)20-6-2-1-3-7-20/h1-3,6-8,10,18H,4-5,9,11-17H2,(H,24,27). The lowest BCUT2D eigenvalue weighted by molar-refractivity contribution is -0.116. The van der Waals surface area contributed by atoms with Crippen molar-refractivity contribution >= 4 is 17.3 Å². The van der Waals surface area contributed by atoms with Gasteiger partial charge < -0.3 is 19.9 Å². The van der Waals surface area contributed by atoms with Crippen molar-refractivity contribution in [3.63, 3.8) is 0 Å². The molecule has 0 saturated carbocycles. The molecule has 2 aliphatic heterocycles. The fraction of sp³-hybridized carbons (Fsp3) is 0.435. The lowest BCUT2D eigenvalue weighted by Gasteiger charge is -2.23. The van der Waals surface area contributed by atoms with Crippen LogP contribution in [0.5, 0.6) is 5.75 Å². The fourth-order valence-corrected chi connectivity index (χ4v) is 4.01. The van der Waals surface area contributed by atoms with E-state index < -0.39 is 0 Å². The summed E-state index contributed by atoms with van der Waals surface area (Å²) in [4.78, 5) is 16.6. The van der Waals surface area contributed by atoms with Gasteiger partial charge in [-0.3, -0.25) is 4.79 Å². The predicted molar refractivity (Wildman–Crippen MR) is 113 cm³/mol. The number of para-hydroxylation sites is 1. The maximum atomic E-state index is 11.6. The summed E-state index contributed by atoms with van der Waals surface area (Å²) >= 11 is 0. The number of benzene rings is 2. The smallest absolute Gasteiger partial charge is 0.224 e. The van der Waals surface area contributed by atoms with Crippen molar-refractivity contribution in [1.82, 2.24) is 4.90 Å². The monoisotopic (exact) mass is 379 g/mol. The molecule has 0 atom stereocenters. The Kier molecular flexibility index (Phi) is 6.12. The second-order valence-corrected chi connectivity index (χ2v) is 7.59. The van der Waals surface area contributed by atoms with E-state index in [9.17, 15) is 4.79 Å². The van der Waals surface area contributed by atoms with Gasteiger partial charge in [0.1, 0.15) is 5.75 Å². The molecule has 0 bridgehead atoms. The van der Waals surface area contributed by atoms with Gasteiger partial charge in [-0.05, 0) is 49.6 Å². The van der Waals surface area contributed by atoms with Crippen molar-refractivity contribution in [1.29, 1.82) is 0 Å². The highest BCUT2D eigenvalue weighted by atomic mass is 16.5. The van der Waals surface area contributed by atoms with Crippen molar-refractivity contribution in [3.8, 4) is 5.75 Å². The van der Waals surface area contributed by atoms with Gasteiger partial charge in [0.2, 0.25) is 5.91 Å². The van der Waals surface area contributed by atoms with Crippen molar-refractivity contribution < 1.29 is 9.53 Å². The van der Waals surface area contributed by atoms with Crippen LogP contribution in [0.2, 0.25) is 0 Å². The van der Waals surface area contributed by atoms with Crippen LogP contribution < -0.4 is 15.0 Å². The number of hydrogen-bond acceptors (Lipinski definition) is 4. The summed E-state index contributed by atoms with van der Waals surface area (Å²) in [5, 5.41) is 2.94. The fourth-order valence-electron chi connectivity index (χ4n) is 4.01. The van der Waals surface area contributed by atoms with E-state index in [1.54, 1.807) is 0 Å². The summed E-state index contributed by atoms with van der Waals surface area (Å²) < 4.78 is 5.93. The van der Waals surface area contributed by atoms with E-state index in [0.717, 1.165) is 57.0 Å². The van der Waals surface area contributed by atoms with Gasteiger partial charge in [0, 0.05) is 50.0 Å². The first-order chi connectivity index (χ1) is 13.8. The summed E-state index contributed by atoms with van der Waals surface area (Å²) in [5.41, 5.74) is 3.42. The van der Waals surface area contributed by atoms with Gasteiger partial charge in [-0.2, -0.15) is 0 Å². The number of fused-ring (bicyclic) bond motifs is 1. The van der Waals surface area contributed by atoms with Crippen molar-refractivity contribution in [2.45, 2.75) is 25.7 Å². The highest BCUT2D eigenvalue weighted by Gasteiger charge is 2.16. The van der Waals surface area contributed by atoms with E-state index in [4.69, 9.17) is 4.74 Å². The number of rotatable bonds is 6. The van der Waals surface area contributed by atoms with Gasteiger partial charge in [0.15, 0.2) is 0 Å². The average molecular weight is 380 g/mol. The molecule has 1 amide bonds. The molecule has 28 heavy (non-hydrogen) atoms. The minimum atomic E-state index is 0.0929. The molecule has 5 heteroatoms. The van der Waals surface area contributed by atoms with E-state index in [1.165, 1.54) is 17.7 Å². The number of amides is 1. The van der Waals surface area contributed by atoms with Gasteiger partial charge >= 0.3 is 0 Å². The minimum Gasteiger partial charge on any atom is -0.493 e. The van der Waals surface area contributed by atoms with Crippen LogP contribution in [0, 0.1) is 0 Å². The topological polar surface area (TPSA) is 44.8 Å². The average Bonchev–Trinajstić information content (AvgIpc) is 2.97. The zero-order chi connectivity index (χ0) is 19.2. The van der Waals surface area contributed by atoms with Crippen molar-refractivity contribution in [2.24, 2.45) is 0 Å². The normalized spacial score (nSPS) is 17.6. The highest BCUT2D eigenvalue weighted by molar-refractivity contribution is 5.94. The summed E-state index contributed by atoms with van der Waals surface area (Å²) in [6.45, 7) is 6.21. The molecule has 2 aromatic carbocycles. The van der Waals surface area contributed by atoms with E-state index >= 15 is 0 Å². The molecule has 1 saturated heterocycles. The van der Waals surface area contributed by atoms with Crippen LogP contribution in [0.1, 0.15) is 24.8 Å². The number of nitrogens with one attached hydrogen (secondary N) is 1. The Morgan fingerprint density at radius 1 is 0.964 bits per heavy atom. The Balaban J connectivity index is 1.20. The van der Waals surface area contributed by atoms with E-state index in [1.807, 2.05) is 12.1 Å². The number of carbonyl (C=O) groups is 1. The van der Waals surface area contributed by atoms with Crippen LogP contribution in [0.3, 0.4) is 0 Å². The zero-order valence-electron chi connectivity index (χ0n) is 16.4. The highest BCUT2D eigenvalue weighted by Crippen LogP contribution is 2.27. The Hall–Kier alpha value is -2.53. The Morgan fingerprint density at radius 3 is 2.75 bits per heavy atom. The molecule has 5 nitrogen and oxygen atoms in total. The molecule has 0 aliphatic carbocycles. The lowest BCUT2D eigenvalue weighted by atomic mass is 10.0. The largest absolute Gasteiger partial charge is 0.493 e. The maximum Gasteiger partial charge on any atom is 0.224 e. The summed E-state index contributed by atoms with van der Waals surface area (Å²) in [6.07, 6.45) is 3.59. The molecular formula is C23H29N3O2. The summed E-state index contributed by atoms with van der Waals surface area (Å²) in [6, 6.07) is 16.7. The molecule has 148 valence electrons. The number of hydrogen-bond donors (Lipinski definition) is 1. The molecular weight excluding hydrogens is 350 g/mol. The molecule has 0 radical (unpaired) electrons. The summed E-state index contributed by atoms with van der Waals surface area (Å²) in [5.74, 6) is 0.933. The molecule has 1 fully saturated rings. The van der Waals surface area contributed by atoms with Gasteiger partial charge in [0.05, 0.1) is 6.61 Å². The first-order valence-corrected chi connectivity index (χ1v) is 10.4. The number of aryl methyl sites for hydroxylation is 1. The van der Waals surface area contributed by atoms with Crippen molar-refractivity contribution in [2.75, 3.05) is 49.5 Å². The molecule has 0 spiro atoms. The third kappa shape index (κ3) is 4.84. The molecule has 2 heterocycles. The molecule has 2 aliphatic rings. The third-order valence-corrected chi connectivity index (χ3v) is 5.57. The number of ether oxygens (including phenoxy) is 1. The van der Waals surface area contributed by atoms with Gasteiger partial charge in [-0.15, -0.1) is 0 Å². The Morgan fingerprint density at radius 2 is 1.86 bits per heavy atom. The lowest BCUT2D eigenvalue weighted by Crippen LogP contribution is -2.31. The van der Waals surface area contributed by atoms with Gasteiger partial charge in [0.25, 0.3) is 0 Å². The number of nitrogens with zero attached hydrogens (tertiary/aromatic N) is 2. The number of carbonyl (C=O) groups excluding carboxylic acids is 1. The number of anilines is 2. The van der Waals surface area contributed by atoms with Gasteiger partial charge in [-0.1, -0.05) is 24.3 Å². The van der Waals surface area contributed by atoms with Crippen LogP contribution in [-0.2, 0) is 11.2 Å². The van der Waals surface area contributed by atoms with Crippen LogP contribution in [0.15, 0.2) is 48.5 Å². The minimum absolute atomic E-state index is 0.0929. The second-order valence-electron chi connectivity index (χ2n) is 7.59. The first kappa shape index (κ1) is 18.8. The zero-order valence-corrected chi connectivity index (χ0v) is 16.4. The Labute approximate surface area is 167 Å². The predicted octanol–water partition coefficient (Wildman–Crippen LogP) is 3.55. The van der Waals surface area contributed by atoms with Crippen LogP contribution in [0.25, 0.3) is 0 Å². The SMILES string of the molecule is O=C1CCc2ccc(OCCCN3CCCN(c4ccccc4)CC3)cc2N1. The van der Waals surface area contributed by atoms with E-state index in [-0.39, 0.29) is 5.91 Å². The molecule has 4 rings (SSSR count).